The Kier molecular flexibility index (Phi) is 4.84. The van der Waals surface area contributed by atoms with Gasteiger partial charge in [0.05, 0.1) is 17.0 Å². The van der Waals surface area contributed by atoms with Crippen LogP contribution in [0.15, 0.2) is 67.0 Å². The number of benzene rings is 2. The minimum absolute atomic E-state index is 0.00264. The van der Waals surface area contributed by atoms with E-state index in [4.69, 9.17) is 4.74 Å². The van der Waals surface area contributed by atoms with E-state index < -0.39 is 10.9 Å². The maximum atomic E-state index is 12.1. The van der Waals surface area contributed by atoms with Crippen LogP contribution in [0.25, 0.3) is 0 Å². The molecule has 0 N–H and O–H groups in total. The van der Waals surface area contributed by atoms with Gasteiger partial charge < -0.3 is 4.74 Å². The number of aromatic nitrogens is 2. The summed E-state index contributed by atoms with van der Waals surface area (Å²) in [6.07, 6.45) is 3.58. The predicted molar refractivity (Wildman–Crippen MR) is 90.0 cm³/mol. The summed E-state index contributed by atoms with van der Waals surface area (Å²) in [5, 5.41) is 14.7. The molecule has 3 rings (SSSR count). The summed E-state index contributed by atoms with van der Waals surface area (Å²) in [6.45, 7) is 0.691. The number of carbonyl (C=O) groups excluding carboxylic acids is 1. The Balaban J connectivity index is 1.56. The first kappa shape index (κ1) is 16.4. The molecule has 1 heterocycles. The average molecular weight is 337 g/mol. The molecule has 0 fully saturated rings. The van der Waals surface area contributed by atoms with Crippen LogP contribution >= 0.6 is 0 Å². The number of ether oxygens (including phenoxy) is 1. The van der Waals surface area contributed by atoms with Gasteiger partial charge in [0.25, 0.3) is 5.69 Å². The highest BCUT2D eigenvalue weighted by molar-refractivity contribution is 5.89. The van der Waals surface area contributed by atoms with Gasteiger partial charge in [0, 0.05) is 24.5 Å². The fourth-order valence-electron chi connectivity index (χ4n) is 2.27. The van der Waals surface area contributed by atoms with E-state index in [1.165, 1.54) is 12.1 Å². The second-order valence-corrected chi connectivity index (χ2v) is 5.40. The third-order valence-electron chi connectivity index (χ3n) is 3.61. The van der Waals surface area contributed by atoms with Crippen LogP contribution in [-0.2, 0) is 17.9 Å². The summed E-state index contributed by atoms with van der Waals surface area (Å²) in [4.78, 5) is 22.2. The van der Waals surface area contributed by atoms with Crippen molar-refractivity contribution in [1.29, 1.82) is 0 Å². The van der Waals surface area contributed by atoms with Crippen molar-refractivity contribution in [3.05, 3.63) is 93.8 Å². The van der Waals surface area contributed by atoms with Crippen LogP contribution in [0.4, 0.5) is 5.69 Å². The lowest BCUT2D eigenvalue weighted by atomic mass is 10.1. The molecule has 0 aliphatic rings. The van der Waals surface area contributed by atoms with Crippen LogP contribution in [0.3, 0.4) is 0 Å². The number of hydrogen-bond acceptors (Lipinski definition) is 5. The SMILES string of the molecule is O=C(OCc1ccc([N+](=O)[O-])cc1)c1ccc(Cn2cccn2)cc1. The molecule has 0 bridgehead atoms. The number of non-ortho nitro benzene ring substituents is 1. The normalized spacial score (nSPS) is 10.4. The minimum atomic E-state index is -0.472. The van der Waals surface area contributed by atoms with Gasteiger partial charge in [-0.05, 0) is 41.5 Å². The first-order valence-electron chi connectivity index (χ1n) is 7.58. The Morgan fingerprint density at radius 1 is 1.08 bits per heavy atom. The van der Waals surface area contributed by atoms with E-state index in [1.807, 2.05) is 24.4 Å². The summed E-state index contributed by atoms with van der Waals surface area (Å²) >= 11 is 0. The molecule has 0 aliphatic heterocycles. The van der Waals surface area contributed by atoms with E-state index in [2.05, 4.69) is 5.10 Å². The van der Waals surface area contributed by atoms with Gasteiger partial charge in [0.1, 0.15) is 6.61 Å². The molecule has 1 aromatic heterocycles. The first-order valence-corrected chi connectivity index (χ1v) is 7.58. The smallest absolute Gasteiger partial charge is 0.338 e. The fraction of sp³-hybridized carbons (Fsp3) is 0.111. The molecule has 0 amide bonds. The molecule has 7 nitrogen and oxygen atoms in total. The van der Waals surface area contributed by atoms with Crippen LogP contribution in [0, 0.1) is 10.1 Å². The summed E-state index contributed by atoms with van der Waals surface area (Å²) in [5.41, 5.74) is 2.17. The van der Waals surface area contributed by atoms with Crippen LogP contribution in [0.1, 0.15) is 21.5 Å². The van der Waals surface area contributed by atoms with Gasteiger partial charge in [-0.3, -0.25) is 14.8 Å². The van der Waals surface area contributed by atoms with Crippen LogP contribution in [0.2, 0.25) is 0 Å². The monoisotopic (exact) mass is 337 g/mol. The maximum Gasteiger partial charge on any atom is 0.338 e. The van der Waals surface area contributed by atoms with Gasteiger partial charge in [-0.2, -0.15) is 5.10 Å². The second kappa shape index (κ2) is 7.39. The van der Waals surface area contributed by atoms with Gasteiger partial charge in [0.2, 0.25) is 0 Å². The van der Waals surface area contributed by atoms with Crippen molar-refractivity contribution >= 4 is 11.7 Å². The van der Waals surface area contributed by atoms with Crippen LogP contribution < -0.4 is 0 Å². The Hall–Kier alpha value is -3.48. The van der Waals surface area contributed by atoms with Crippen molar-refractivity contribution in [2.75, 3.05) is 0 Å². The van der Waals surface area contributed by atoms with Crippen molar-refractivity contribution in [1.82, 2.24) is 9.78 Å². The third-order valence-corrected chi connectivity index (χ3v) is 3.61. The molecule has 2 aromatic carbocycles. The lowest BCUT2D eigenvalue weighted by Gasteiger charge is -2.06. The third kappa shape index (κ3) is 4.29. The van der Waals surface area contributed by atoms with Gasteiger partial charge in [-0.15, -0.1) is 0 Å². The Bertz CT molecular complexity index is 856. The van der Waals surface area contributed by atoms with Gasteiger partial charge >= 0.3 is 5.97 Å². The van der Waals surface area contributed by atoms with Crippen molar-refractivity contribution in [2.45, 2.75) is 13.2 Å². The number of esters is 1. The standard InChI is InChI=1S/C18H15N3O4/c22-18(25-13-15-4-8-17(9-5-15)21(23)24)16-6-2-14(3-7-16)12-20-11-1-10-19-20/h1-11H,12-13H2. The Morgan fingerprint density at radius 3 is 2.36 bits per heavy atom. The quantitative estimate of drug-likeness (QED) is 0.391. The molecule has 7 heteroatoms. The lowest BCUT2D eigenvalue weighted by molar-refractivity contribution is -0.384. The molecule has 126 valence electrons. The number of nitro benzene ring substituents is 1. The molecule has 3 aromatic rings. The van der Waals surface area contributed by atoms with Gasteiger partial charge in [0.15, 0.2) is 0 Å². The topological polar surface area (TPSA) is 87.3 Å². The van der Waals surface area contributed by atoms with Gasteiger partial charge in [-0.1, -0.05) is 12.1 Å². The van der Waals surface area contributed by atoms with E-state index in [0.717, 1.165) is 5.56 Å². The fourth-order valence-corrected chi connectivity index (χ4v) is 2.27. The zero-order valence-corrected chi connectivity index (χ0v) is 13.2. The molecule has 0 unspecified atom stereocenters. The Morgan fingerprint density at radius 2 is 1.76 bits per heavy atom. The molecule has 0 aliphatic carbocycles. The molecule has 25 heavy (non-hydrogen) atoms. The number of hydrogen-bond donors (Lipinski definition) is 0. The van der Waals surface area contributed by atoms with Crippen molar-refractivity contribution in [2.24, 2.45) is 0 Å². The van der Waals surface area contributed by atoms with Crippen molar-refractivity contribution in [3.63, 3.8) is 0 Å². The highest BCUT2D eigenvalue weighted by Gasteiger charge is 2.09. The molecular weight excluding hydrogens is 322 g/mol. The highest BCUT2D eigenvalue weighted by atomic mass is 16.6. The number of nitrogens with zero attached hydrogens (tertiary/aromatic N) is 3. The number of nitro groups is 1. The molecular formula is C18H15N3O4. The number of carbonyl (C=O) groups is 1. The molecule has 0 atom stereocenters. The largest absolute Gasteiger partial charge is 0.457 e. The van der Waals surface area contributed by atoms with E-state index >= 15 is 0 Å². The lowest BCUT2D eigenvalue weighted by Crippen LogP contribution is -2.06. The van der Waals surface area contributed by atoms with E-state index in [0.29, 0.717) is 17.7 Å². The van der Waals surface area contributed by atoms with Gasteiger partial charge in [-0.25, -0.2) is 4.79 Å². The summed E-state index contributed by atoms with van der Waals surface area (Å²) in [5.74, 6) is -0.441. The highest BCUT2D eigenvalue weighted by Crippen LogP contribution is 2.14. The maximum absolute atomic E-state index is 12.1. The van der Waals surface area contributed by atoms with E-state index in [1.54, 1.807) is 35.1 Å². The zero-order valence-electron chi connectivity index (χ0n) is 13.2. The van der Waals surface area contributed by atoms with Crippen LogP contribution in [0.5, 0.6) is 0 Å². The van der Waals surface area contributed by atoms with Crippen LogP contribution in [-0.4, -0.2) is 20.7 Å². The van der Waals surface area contributed by atoms with Crippen molar-refractivity contribution in [3.8, 4) is 0 Å². The van der Waals surface area contributed by atoms with Crippen molar-refractivity contribution < 1.29 is 14.5 Å². The minimum Gasteiger partial charge on any atom is -0.457 e. The molecule has 0 saturated carbocycles. The summed E-state index contributed by atoms with van der Waals surface area (Å²) < 4.78 is 7.03. The van der Waals surface area contributed by atoms with E-state index in [-0.39, 0.29) is 12.3 Å². The van der Waals surface area contributed by atoms with E-state index in [9.17, 15) is 14.9 Å². The number of rotatable bonds is 6. The molecule has 0 saturated heterocycles. The Labute approximate surface area is 143 Å². The second-order valence-electron chi connectivity index (χ2n) is 5.40. The zero-order chi connectivity index (χ0) is 17.6. The summed E-state index contributed by atoms with van der Waals surface area (Å²) in [7, 11) is 0. The molecule has 0 spiro atoms. The first-order chi connectivity index (χ1) is 12.1. The molecule has 0 radical (unpaired) electrons. The average Bonchev–Trinajstić information content (AvgIpc) is 3.13. The summed E-state index contributed by atoms with van der Waals surface area (Å²) in [6, 6.07) is 14.9. The predicted octanol–water partition coefficient (Wildman–Crippen LogP) is 3.20.